The average Bonchev–Trinajstić information content (AvgIpc) is 2.24. The molecule has 17 heavy (non-hydrogen) atoms. The molecule has 7 heteroatoms. The molecule has 0 spiro atoms. The van der Waals surface area contributed by atoms with E-state index in [1.54, 1.807) is 0 Å². The van der Waals surface area contributed by atoms with Gasteiger partial charge in [-0.05, 0) is 6.42 Å². The number of urea groups is 1. The number of Topliss-reactive ketones (excluding diaryl/α,β-unsaturated/α-hetero) is 1. The average molecular weight is 254 g/mol. The number of halogens is 3. The van der Waals surface area contributed by atoms with Crippen LogP contribution in [0.2, 0.25) is 0 Å². The van der Waals surface area contributed by atoms with Crippen LogP contribution in [-0.2, 0) is 4.79 Å². The summed E-state index contributed by atoms with van der Waals surface area (Å²) in [5.74, 6) is -1.96. The van der Waals surface area contributed by atoms with Gasteiger partial charge in [0.25, 0.3) is 5.78 Å². The molecule has 0 rings (SSSR count). The maximum atomic E-state index is 11.8. The van der Waals surface area contributed by atoms with E-state index in [-0.39, 0.29) is 0 Å². The fraction of sp³-hybridized carbons (Fsp3) is 0.800. The van der Waals surface area contributed by atoms with Gasteiger partial charge in [0.05, 0.1) is 6.54 Å². The van der Waals surface area contributed by atoms with Crippen molar-refractivity contribution in [2.45, 2.75) is 38.8 Å². The molecule has 100 valence electrons. The van der Waals surface area contributed by atoms with E-state index in [4.69, 9.17) is 0 Å². The van der Waals surface area contributed by atoms with Crippen molar-refractivity contribution in [2.24, 2.45) is 0 Å². The van der Waals surface area contributed by atoms with Gasteiger partial charge in [-0.1, -0.05) is 26.2 Å². The number of unbranched alkanes of at least 4 members (excludes halogenated alkanes) is 3. The molecular formula is C10H17F3N2O2. The topological polar surface area (TPSA) is 58.2 Å². The van der Waals surface area contributed by atoms with Gasteiger partial charge < -0.3 is 10.6 Å². The highest BCUT2D eigenvalue weighted by atomic mass is 19.4. The van der Waals surface area contributed by atoms with Gasteiger partial charge in [-0.3, -0.25) is 4.79 Å². The normalized spacial score (nSPS) is 11.1. The van der Waals surface area contributed by atoms with Gasteiger partial charge in [0.2, 0.25) is 0 Å². The fourth-order valence-corrected chi connectivity index (χ4v) is 1.08. The maximum absolute atomic E-state index is 11.8. The molecule has 4 nitrogen and oxygen atoms in total. The van der Waals surface area contributed by atoms with E-state index in [9.17, 15) is 22.8 Å². The quantitative estimate of drug-likeness (QED) is 0.683. The Balaban J connectivity index is 3.57. The Labute approximate surface area is 97.9 Å². The Bertz CT molecular complexity index is 254. The zero-order chi connectivity index (χ0) is 13.3. The van der Waals surface area contributed by atoms with Crippen LogP contribution in [0.3, 0.4) is 0 Å². The van der Waals surface area contributed by atoms with E-state index >= 15 is 0 Å². The van der Waals surface area contributed by atoms with Gasteiger partial charge in [-0.25, -0.2) is 4.79 Å². The predicted octanol–water partition coefficient (Wildman–Crippen LogP) is 2.00. The molecule has 2 N–H and O–H groups in total. The van der Waals surface area contributed by atoms with Crippen LogP contribution in [0.1, 0.15) is 32.6 Å². The number of rotatable bonds is 7. The molecule has 0 aromatic heterocycles. The summed E-state index contributed by atoms with van der Waals surface area (Å²) in [6, 6.07) is -0.751. The molecule has 0 saturated carbocycles. The molecular weight excluding hydrogens is 237 g/mol. The second kappa shape index (κ2) is 7.92. The lowest BCUT2D eigenvalue weighted by Crippen LogP contribution is -2.42. The van der Waals surface area contributed by atoms with Crippen molar-refractivity contribution in [3.63, 3.8) is 0 Å². The Morgan fingerprint density at radius 1 is 1.06 bits per heavy atom. The number of hydrogen-bond acceptors (Lipinski definition) is 2. The number of hydrogen-bond donors (Lipinski definition) is 2. The molecule has 0 radical (unpaired) electrons. The molecule has 0 aromatic carbocycles. The summed E-state index contributed by atoms with van der Waals surface area (Å²) in [5.41, 5.74) is 0. The summed E-state index contributed by atoms with van der Waals surface area (Å²) in [7, 11) is 0. The number of amides is 2. The highest BCUT2D eigenvalue weighted by Gasteiger charge is 2.37. The summed E-state index contributed by atoms with van der Waals surface area (Å²) < 4.78 is 35.3. The molecule has 0 unspecified atom stereocenters. The first kappa shape index (κ1) is 15.7. The summed E-state index contributed by atoms with van der Waals surface area (Å²) in [5, 5.41) is 4.24. The van der Waals surface area contributed by atoms with Crippen molar-refractivity contribution in [2.75, 3.05) is 13.1 Å². The van der Waals surface area contributed by atoms with Gasteiger partial charge in [0.1, 0.15) is 0 Å². The number of alkyl halides is 3. The van der Waals surface area contributed by atoms with E-state index in [2.05, 4.69) is 5.32 Å². The monoisotopic (exact) mass is 254 g/mol. The largest absolute Gasteiger partial charge is 0.451 e. The minimum absolute atomic E-state index is 0.395. The van der Waals surface area contributed by atoms with Crippen LogP contribution in [0.25, 0.3) is 0 Å². The van der Waals surface area contributed by atoms with Crippen molar-refractivity contribution in [1.29, 1.82) is 0 Å². The van der Waals surface area contributed by atoms with Crippen LogP contribution < -0.4 is 10.6 Å². The van der Waals surface area contributed by atoms with Crippen LogP contribution >= 0.6 is 0 Å². The first-order chi connectivity index (χ1) is 7.88. The molecule has 0 fully saturated rings. The molecule has 0 aliphatic rings. The Morgan fingerprint density at radius 3 is 2.24 bits per heavy atom. The van der Waals surface area contributed by atoms with Gasteiger partial charge in [-0.15, -0.1) is 0 Å². The molecule has 0 aliphatic heterocycles. The highest BCUT2D eigenvalue weighted by molar-refractivity contribution is 5.89. The standard InChI is InChI=1S/C10H17F3N2O2/c1-2-3-4-5-6-14-9(17)15-7-8(16)10(11,12)13/h2-7H2,1H3,(H2,14,15,17). The Kier molecular flexibility index (Phi) is 7.32. The zero-order valence-corrected chi connectivity index (χ0v) is 9.69. The third kappa shape index (κ3) is 8.53. The Morgan fingerprint density at radius 2 is 1.71 bits per heavy atom. The van der Waals surface area contributed by atoms with Crippen molar-refractivity contribution >= 4 is 11.8 Å². The lowest BCUT2D eigenvalue weighted by atomic mass is 10.2. The van der Waals surface area contributed by atoms with Crippen LogP contribution in [0.5, 0.6) is 0 Å². The van der Waals surface area contributed by atoms with Crippen LogP contribution in [-0.4, -0.2) is 31.1 Å². The van der Waals surface area contributed by atoms with Gasteiger partial charge in [-0.2, -0.15) is 13.2 Å². The summed E-state index contributed by atoms with van der Waals surface area (Å²) in [4.78, 5) is 21.4. The third-order valence-corrected chi connectivity index (χ3v) is 2.04. The second-order valence-electron chi connectivity index (χ2n) is 3.59. The Hall–Kier alpha value is -1.27. The van der Waals surface area contributed by atoms with E-state index in [0.29, 0.717) is 6.54 Å². The molecule has 2 amide bonds. The molecule has 0 bridgehead atoms. The molecule has 0 saturated heterocycles. The smallest absolute Gasteiger partial charge is 0.338 e. The van der Waals surface area contributed by atoms with Crippen molar-refractivity contribution in [3.05, 3.63) is 0 Å². The van der Waals surface area contributed by atoms with E-state index < -0.39 is 24.5 Å². The predicted molar refractivity (Wildman–Crippen MR) is 56.6 cm³/mol. The molecule has 0 heterocycles. The fourth-order valence-electron chi connectivity index (χ4n) is 1.08. The highest BCUT2D eigenvalue weighted by Crippen LogP contribution is 2.14. The molecule has 0 aromatic rings. The van der Waals surface area contributed by atoms with Gasteiger partial charge >= 0.3 is 12.2 Å². The SMILES string of the molecule is CCCCCCNC(=O)NCC(=O)C(F)(F)F. The molecule has 0 atom stereocenters. The van der Waals surface area contributed by atoms with Crippen LogP contribution in [0.15, 0.2) is 0 Å². The van der Waals surface area contributed by atoms with Crippen molar-refractivity contribution in [3.8, 4) is 0 Å². The second-order valence-corrected chi connectivity index (χ2v) is 3.59. The minimum atomic E-state index is -4.89. The lowest BCUT2D eigenvalue weighted by molar-refractivity contribution is -0.169. The minimum Gasteiger partial charge on any atom is -0.338 e. The summed E-state index contributed by atoms with van der Waals surface area (Å²) >= 11 is 0. The van der Waals surface area contributed by atoms with Crippen LogP contribution in [0.4, 0.5) is 18.0 Å². The van der Waals surface area contributed by atoms with Crippen LogP contribution in [0, 0.1) is 0 Å². The van der Waals surface area contributed by atoms with E-state index in [0.717, 1.165) is 25.7 Å². The van der Waals surface area contributed by atoms with E-state index in [1.807, 2.05) is 12.2 Å². The number of carbonyl (C=O) groups excluding carboxylic acids is 2. The van der Waals surface area contributed by atoms with Crippen molar-refractivity contribution < 1.29 is 22.8 Å². The number of nitrogens with one attached hydrogen (secondary N) is 2. The summed E-state index contributed by atoms with van der Waals surface area (Å²) in [6.45, 7) is 1.42. The van der Waals surface area contributed by atoms with Gasteiger partial charge in [0.15, 0.2) is 0 Å². The number of carbonyl (C=O) groups is 2. The first-order valence-electron chi connectivity index (χ1n) is 5.49. The third-order valence-electron chi connectivity index (χ3n) is 2.04. The van der Waals surface area contributed by atoms with Gasteiger partial charge in [0, 0.05) is 6.54 Å². The maximum Gasteiger partial charge on any atom is 0.451 e. The summed E-state index contributed by atoms with van der Waals surface area (Å²) in [6.07, 6.45) is -1.05. The first-order valence-corrected chi connectivity index (χ1v) is 5.49. The lowest BCUT2D eigenvalue weighted by Gasteiger charge is -2.08. The number of ketones is 1. The zero-order valence-electron chi connectivity index (χ0n) is 9.69. The van der Waals surface area contributed by atoms with E-state index in [1.165, 1.54) is 0 Å². The molecule has 0 aliphatic carbocycles. The van der Waals surface area contributed by atoms with Crippen molar-refractivity contribution in [1.82, 2.24) is 10.6 Å².